The fourth-order valence-electron chi connectivity index (χ4n) is 0. The van der Waals surface area contributed by atoms with E-state index in [0.717, 1.165) is 0 Å². The first kappa shape index (κ1) is 14.3. The van der Waals surface area contributed by atoms with Crippen LogP contribution >= 0.6 is 98.5 Å². The highest BCUT2D eigenvalue weighted by Crippen LogP contribution is 2.32. The van der Waals surface area contributed by atoms with E-state index in [9.17, 15) is 0 Å². The summed E-state index contributed by atoms with van der Waals surface area (Å²) >= 11 is 26.9. The van der Waals surface area contributed by atoms with Crippen molar-refractivity contribution in [2.75, 3.05) is 0 Å². The summed E-state index contributed by atoms with van der Waals surface area (Å²) in [5, 5.41) is 0. The summed E-state index contributed by atoms with van der Waals surface area (Å²) in [6.07, 6.45) is 0. The lowest BCUT2D eigenvalue weighted by Crippen LogP contribution is -1.79. The maximum absolute atomic E-state index is 4.98. The van der Waals surface area contributed by atoms with Crippen LogP contribution in [0.25, 0.3) is 0 Å². The van der Waals surface area contributed by atoms with Gasteiger partial charge in [0, 0.05) is 0 Å². The van der Waals surface area contributed by atoms with Gasteiger partial charge < -0.3 is 0 Å². The van der Waals surface area contributed by atoms with Crippen molar-refractivity contribution in [2.45, 2.75) is 5.35 Å². The summed E-state index contributed by atoms with van der Waals surface area (Å²) in [7, 11) is 0. The van der Waals surface area contributed by atoms with Crippen molar-refractivity contribution in [2.24, 2.45) is 0 Å². The smallest absolute Gasteiger partial charge is 0.0713 e. The summed E-state index contributed by atoms with van der Waals surface area (Å²) in [5.41, 5.74) is 0. The molecule has 0 amide bonds. The average molecular weight is 451 g/mol. The molecule has 0 N–H and O–H groups in total. The van der Waals surface area contributed by atoms with Crippen LogP contribution in [-0.2, 0) is 0 Å². The van der Waals surface area contributed by atoms with Crippen LogP contribution in [0.5, 0.6) is 0 Å². The Labute approximate surface area is 102 Å². The molecule has 0 unspecified atom stereocenters. The Kier molecular flexibility index (Phi) is 11.8. The van der Waals surface area contributed by atoms with Crippen molar-refractivity contribution < 1.29 is 0 Å². The van der Waals surface area contributed by atoms with E-state index < -0.39 is 2.70 Å². The van der Waals surface area contributed by atoms with E-state index in [1.807, 2.05) is 0 Å². The van der Waals surface area contributed by atoms with Gasteiger partial charge in [0.1, 0.15) is 2.65 Å². The van der Waals surface area contributed by atoms with Crippen molar-refractivity contribution in [1.29, 1.82) is 0 Å². The van der Waals surface area contributed by atoms with Crippen LogP contribution in [0.3, 0.4) is 0 Å². The van der Waals surface area contributed by atoms with Crippen LogP contribution in [0.2, 0.25) is 0 Å². The molecule has 58 valence electrons. The van der Waals surface area contributed by atoms with E-state index >= 15 is 0 Å². The minimum atomic E-state index is -1.27. The fraction of sp³-hybridized carbons (Fsp3) is 1.00. The predicted molar refractivity (Wildman–Crippen MR) is 59.8 cm³/mol. The number of hydrogen-bond donors (Lipinski definition) is 0. The van der Waals surface area contributed by atoms with E-state index in [-0.39, 0.29) is 2.65 Å². The van der Waals surface area contributed by atoms with Crippen LogP contribution in [0.1, 0.15) is 0 Å². The minimum absolute atomic E-state index is 0.271. The monoisotopic (exact) mass is 446 g/mol. The van der Waals surface area contributed by atoms with Crippen molar-refractivity contribution in [3.05, 3.63) is 0 Å². The average Bonchev–Trinajstić information content (AvgIpc) is 1.19. The lowest BCUT2D eigenvalue weighted by molar-refractivity contribution is 1.84. The summed E-state index contributed by atoms with van der Waals surface area (Å²) in [4.78, 5) is 0. The Hall–Kier alpha value is 2.79. The molecule has 0 saturated heterocycles. The summed E-state index contributed by atoms with van der Waals surface area (Å²) < 4.78 is -1.000. The normalized spacial score (nSPS) is 10.7. The third kappa shape index (κ3) is 107. The zero-order valence-corrected chi connectivity index (χ0v) is 12.3. The highest BCUT2D eigenvalue weighted by Gasteiger charge is 2.10. The highest BCUT2D eigenvalue weighted by molar-refractivity contribution is 9.38. The predicted octanol–water partition coefficient (Wildman–Crippen LogP) is 5.16. The van der Waals surface area contributed by atoms with Crippen LogP contribution in [0.15, 0.2) is 0 Å². The summed E-state index contributed by atoms with van der Waals surface area (Å²) in [6, 6.07) is 0. The van der Waals surface area contributed by atoms with Gasteiger partial charge >= 0.3 is 0 Å². The second-order valence-electron chi connectivity index (χ2n) is 0.676. The zero-order chi connectivity index (χ0) is 8.08. The Bertz CT molecular complexity index is 50.6. The summed E-state index contributed by atoms with van der Waals surface area (Å²) in [5.74, 6) is 0. The van der Waals surface area contributed by atoms with Gasteiger partial charge in [-0.05, 0) is 15.9 Å². The number of halogens is 7. The maximum atomic E-state index is 4.98. The molecule has 0 saturated carbocycles. The van der Waals surface area contributed by atoms with Gasteiger partial charge in [-0.3, -0.25) is 0 Å². The molecule has 0 aliphatic carbocycles. The van der Waals surface area contributed by atoms with Crippen molar-refractivity contribution >= 4 is 98.5 Å². The second kappa shape index (κ2) is 7.44. The van der Waals surface area contributed by atoms with Crippen LogP contribution in [0, 0.1) is 0 Å². The molecule has 0 atom stereocenters. The quantitative estimate of drug-likeness (QED) is 0.447. The Morgan fingerprint density at radius 3 is 1.00 bits per heavy atom. The van der Waals surface area contributed by atoms with Crippen molar-refractivity contribution in [3.8, 4) is 0 Å². The van der Waals surface area contributed by atoms with E-state index in [2.05, 4.69) is 63.7 Å². The Morgan fingerprint density at radius 1 is 1.00 bits per heavy atom. The molecule has 0 bridgehead atoms. The van der Waals surface area contributed by atoms with Crippen LogP contribution in [-0.4, -0.2) is 5.35 Å². The van der Waals surface area contributed by atoms with Crippen LogP contribution in [0.4, 0.5) is 0 Å². The zero-order valence-electron chi connectivity index (χ0n) is 3.72. The maximum Gasteiger partial charge on any atom is 0.245 e. The fourth-order valence-corrected chi connectivity index (χ4v) is 0. The number of rotatable bonds is 0. The lowest BCUT2D eigenvalue weighted by atomic mass is 11.9. The van der Waals surface area contributed by atoms with Crippen molar-refractivity contribution in [3.63, 3.8) is 0 Å². The van der Waals surface area contributed by atoms with Gasteiger partial charge in [0.15, 0.2) is 0 Å². The Balaban J connectivity index is 0. The van der Waals surface area contributed by atoms with Gasteiger partial charge in [0.25, 0.3) is 0 Å². The number of alkyl halides is 7. The molecule has 9 heavy (non-hydrogen) atoms. The molecule has 0 rings (SSSR count). The summed E-state index contributed by atoms with van der Waals surface area (Å²) in [6.45, 7) is 0. The van der Waals surface area contributed by atoms with E-state index in [0.29, 0.717) is 0 Å². The highest BCUT2D eigenvalue weighted by atomic mass is 80.0. The first-order valence-electron chi connectivity index (χ1n) is 1.41. The molecule has 0 aromatic rings. The molecule has 0 nitrogen and oxygen atoms in total. The first-order valence-corrected chi connectivity index (χ1v) is 6.08. The van der Waals surface area contributed by atoms with Gasteiger partial charge in [-0.1, -0.05) is 82.6 Å². The van der Waals surface area contributed by atoms with Gasteiger partial charge in [-0.15, -0.1) is 0 Å². The third-order valence-electron chi connectivity index (χ3n) is 0. The largest absolute Gasteiger partial charge is 0.245 e. The third-order valence-corrected chi connectivity index (χ3v) is 0. The molecule has 0 aliphatic rings. The SMILES string of the molecule is BrC(Br)Br.ClC(Cl)(Cl)Br. The van der Waals surface area contributed by atoms with Crippen molar-refractivity contribution in [1.82, 2.24) is 0 Å². The molecule has 0 fully saturated rings. The first-order chi connectivity index (χ1) is 3.73. The standard InChI is InChI=1S/CHBr3.CBrCl3/c2-1(3)4;2-1(3,4)5/h1H;. The molecule has 0 radical (unpaired) electrons. The molecule has 0 spiro atoms. The van der Waals surface area contributed by atoms with Gasteiger partial charge in [-0.2, -0.15) is 0 Å². The lowest BCUT2D eigenvalue weighted by Gasteiger charge is -1.91. The van der Waals surface area contributed by atoms with Crippen LogP contribution < -0.4 is 0 Å². The van der Waals surface area contributed by atoms with Gasteiger partial charge in [0.05, 0.1) is 0 Å². The molecular formula is C2HBr4Cl3. The topological polar surface area (TPSA) is 0 Å². The van der Waals surface area contributed by atoms with Gasteiger partial charge in [0.2, 0.25) is 2.70 Å². The molecule has 0 aliphatic heterocycles. The van der Waals surface area contributed by atoms with E-state index in [4.69, 9.17) is 34.8 Å². The molecule has 0 aromatic heterocycles. The van der Waals surface area contributed by atoms with E-state index in [1.165, 1.54) is 0 Å². The molecule has 0 aromatic carbocycles. The Morgan fingerprint density at radius 2 is 1.00 bits per heavy atom. The van der Waals surface area contributed by atoms with E-state index in [1.54, 1.807) is 0 Å². The second-order valence-corrected chi connectivity index (χ2v) is 11.9. The number of hydrogen-bond acceptors (Lipinski definition) is 0. The molecule has 7 heteroatoms. The van der Waals surface area contributed by atoms with Gasteiger partial charge in [-0.25, -0.2) is 0 Å². The minimum Gasteiger partial charge on any atom is -0.0713 e. The molecular weight excluding hydrogens is 450 g/mol. The molecule has 0 heterocycles.